The maximum absolute atomic E-state index is 12.1. The Morgan fingerprint density at radius 2 is 1.93 bits per heavy atom. The van der Waals surface area contributed by atoms with Gasteiger partial charge in [-0.3, -0.25) is 4.79 Å². The van der Waals surface area contributed by atoms with Gasteiger partial charge in [0, 0.05) is 13.6 Å². The number of hydrogen-bond donors (Lipinski definition) is 1. The first-order chi connectivity index (χ1) is 6.88. The van der Waals surface area contributed by atoms with E-state index in [4.69, 9.17) is 5.73 Å². The summed E-state index contributed by atoms with van der Waals surface area (Å²) in [5.41, 5.74) is 5.46. The predicted octanol–water partition coefficient (Wildman–Crippen LogP) is 1.33. The molecule has 15 heavy (non-hydrogen) atoms. The van der Waals surface area contributed by atoms with E-state index in [0.29, 0.717) is 12.3 Å². The molecule has 0 radical (unpaired) electrons. The molecule has 0 aromatic heterocycles. The SMILES string of the molecule is CC(C)CC(CN)C(=O)N(C)CC(F)F. The maximum Gasteiger partial charge on any atom is 0.255 e. The zero-order valence-electron chi connectivity index (χ0n) is 9.54. The number of alkyl halides is 2. The van der Waals surface area contributed by atoms with Gasteiger partial charge in [-0.05, 0) is 12.3 Å². The van der Waals surface area contributed by atoms with Gasteiger partial charge in [0.15, 0.2) is 0 Å². The van der Waals surface area contributed by atoms with E-state index in [-0.39, 0.29) is 18.4 Å². The lowest BCUT2D eigenvalue weighted by molar-refractivity contribution is -0.136. The highest BCUT2D eigenvalue weighted by Crippen LogP contribution is 2.13. The second-order valence-corrected chi connectivity index (χ2v) is 4.17. The molecule has 0 fully saturated rings. The third-order valence-electron chi connectivity index (χ3n) is 2.18. The van der Waals surface area contributed by atoms with Gasteiger partial charge in [-0.1, -0.05) is 13.8 Å². The van der Waals surface area contributed by atoms with Gasteiger partial charge in [0.05, 0.1) is 12.5 Å². The van der Waals surface area contributed by atoms with Crippen LogP contribution in [0.25, 0.3) is 0 Å². The van der Waals surface area contributed by atoms with E-state index in [1.165, 1.54) is 7.05 Å². The average molecular weight is 222 g/mol. The number of halogens is 2. The zero-order chi connectivity index (χ0) is 12.0. The molecule has 1 amide bonds. The van der Waals surface area contributed by atoms with Crippen molar-refractivity contribution in [3.8, 4) is 0 Å². The molecule has 0 saturated carbocycles. The Bertz CT molecular complexity index is 198. The molecule has 0 aromatic rings. The van der Waals surface area contributed by atoms with Crippen LogP contribution in [-0.4, -0.2) is 37.4 Å². The molecule has 0 spiro atoms. The molecule has 5 heteroatoms. The van der Waals surface area contributed by atoms with Crippen LogP contribution in [-0.2, 0) is 4.79 Å². The summed E-state index contributed by atoms with van der Waals surface area (Å²) in [4.78, 5) is 12.7. The highest BCUT2D eigenvalue weighted by molar-refractivity contribution is 5.78. The highest BCUT2D eigenvalue weighted by atomic mass is 19.3. The number of hydrogen-bond acceptors (Lipinski definition) is 2. The minimum Gasteiger partial charge on any atom is -0.340 e. The van der Waals surface area contributed by atoms with Crippen molar-refractivity contribution in [2.24, 2.45) is 17.6 Å². The van der Waals surface area contributed by atoms with Gasteiger partial charge in [-0.2, -0.15) is 0 Å². The Morgan fingerprint density at radius 1 is 1.40 bits per heavy atom. The van der Waals surface area contributed by atoms with Crippen LogP contribution < -0.4 is 5.73 Å². The van der Waals surface area contributed by atoms with Gasteiger partial charge >= 0.3 is 0 Å². The van der Waals surface area contributed by atoms with Crippen molar-refractivity contribution in [3.05, 3.63) is 0 Å². The second-order valence-electron chi connectivity index (χ2n) is 4.17. The highest BCUT2D eigenvalue weighted by Gasteiger charge is 2.23. The maximum atomic E-state index is 12.1. The molecule has 90 valence electrons. The van der Waals surface area contributed by atoms with Crippen molar-refractivity contribution >= 4 is 5.91 Å². The van der Waals surface area contributed by atoms with Crippen LogP contribution in [0.15, 0.2) is 0 Å². The van der Waals surface area contributed by atoms with Crippen LogP contribution in [0.2, 0.25) is 0 Å². The molecule has 0 aliphatic rings. The normalized spacial score (nSPS) is 13.3. The number of rotatable bonds is 6. The zero-order valence-corrected chi connectivity index (χ0v) is 9.54. The third-order valence-corrected chi connectivity index (χ3v) is 2.18. The van der Waals surface area contributed by atoms with Crippen LogP contribution in [0.1, 0.15) is 20.3 Å². The van der Waals surface area contributed by atoms with Gasteiger partial charge in [-0.25, -0.2) is 8.78 Å². The first kappa shape index (κ1) is 14.3. The topological polar surface area (TPSA) is 46.3 Å². The largest absolute Gasteiger partial charge is 0.340 e. The van der Waals surface area contributed by atoms with E-state index in [2.05, 4.69) is 0 Å². The molecule has 2 N–H and O–H groups in total. The Hall–Kier alpha value is -0.710. The number of amides is 1. The first-order valence-electron chi connectivity index (χ1n) is 5.11. The van der Waals surface area contributed by atoms with E-state index in [1.54, 1.807) is 0 Å². The molecule has 1 atom stereocenters. The molecule has 0 aromatic carbocycles. The van der Waals surface area contributed by atoms with E-state index < -0.39 is 13.0 Å². The van der Waals surface area contributed by atoms with E-state index >= 15 is 0 Å². The summed E-state index contributed by atoms with van der Waals surface area (Å²) in [6.07, 6.45) is -1.85. The number of carbonyl (C=O) groups is 1. The number of nitrogens with two attached hydrogens (primary N) is 1. The predicted molar refractivity (Wildman–Crippen MR) is 55.6 cm³/mol. The van der Waals surface area contributed by atoms with Gasteiger partial charge < -0.3 is 10.6 Å². The van der Waals surface area contributed by atoms with Crippen molar-refractivity contribution in [2.45, 2.75) is 26.7 Å². The Labute approximate surface area is 89.6 Å². The van der Waals surface area contributed by atoms with Crippen molar-refractivity contribution < 1.29 is 13.6 Å². The summed E-state index contributed by atoms with van der Waals surface area (Å²) in [6.45, 7) is 3.64. The van der Waals surface area contributed by atoms with Crippen LogP contribution in [0.4, 0.5) is 8.78 Å². The van der Waals surface area contributed by atoms with Crippen LogP contribution in [0.5, 0.6) is 0 Å². The molecular formula is C10H20F2N2O. The van der Waals surface area contributed by atoms with Crippen LogP contribution >= 0.6 is 0 Å². The number of carbonyl (C=O) groups excluding carboxylic acids is 1. The summed E-state index contributed by atoms with van der Waals surface area (Å²) in [5.74, 6) is -0.289. The fourth-order valence-corrected chi connectivity index (χ4v) is 1.48. The minimum atomic E-state index is -2.49. The smallest absolute Gasteiger partial charge is 0.255 e. The monoisotopic (exact) mass is 222 g/mol. The molecule has 0 bridgehead atoms. The molecule has 0 aliphatic carbocycles. The van der Waals surface area contributed by atoms with E-state index in [0.717, 1.165) is 4.90 Å². The molecule has 0 rings (SSSR count). The molecule has 0 saturated heterocycles. The summed E-state index contributed by atoms with van der Waals surface area (Å²) >= 11 is 0. The molecule has 0 heterocycles. The summed E-state index contributed by atoms with van der Waals surface area (Å²) in [5, 5.41) is 0. The van der Waals surface area contributed by atoms with Gasteiger partial charge in [0.1, 0.15) is 0 Å². The summed E-state index contributed by atoms with van der Waals surface area (Å²) in [6, 6.07) is 0. The lowest BCUT2D eigenvalue weighted by Crippen LogP contribution is -2.39. The third kappa shape index (κ3) is 5.67. The van der Waals surface area contributed by atoms with E-state index in [9.17, 15) is 13.6 Å². The van der Waals surface area contributed by atoms with Crippen molar-refractivity contribution in [2.75, 3.05) is 20.1 Å². The first-order valence-corrected chi connectivity index (χ1v) is 5.11. The quantitative estimate of drug-likeness (QED) is 0.737. The van der Waals surface area contributed by atoms with Crippen LogP contribution in [0, 0.1) is 11.8 Å². The second kappa shape index (κ2) is 6.71. The van der Waals surface area contributed by atoms with Gasteiger partial charge in [-0.15, -0.1) is 0 Å². The Balaban J connectivity index is 4.24. The molecule has 3 nitrogen and oxygen atoms in total. The van der Waals surface area contributed by atoms with Crippen molar-refractivity contribution in [1.29, 1.82) is 0 Å². The fraction of sp³-hybridized carbons (Fsp3) is 0.900. The van der Waals surface area contributed by atoms with Crippen LogP contribution in [0.3, 0.4) is 0 Å². The number of nitrogens with zero attached hydrogens (tertiary/aromatic N) is 1. The van der Waals surface area contributed by atoms with Gasteiger partial charge in [0.2, 0.25) is 5.91 Å². The van der Waals surface area contributed by atoms with E-state index in [1.807, 2.05) is 13.8 Å². The lowest BCUT2D eigenvalue weighted by atomic mass is 9.96. The summed E-state index contributed by atoms with van der Waals surface area (Å²) in [7, 11) is 1.39. The minimum absolute atomic E-state index is 0.213. The molecule has 0 aliphatic heterocycles. The van der Waals surface area contributed by atoms with Crippen molar-refractivity contribution in [3.63, 3.8) is 0 Å². The fourth-order valence-electron chi connectivity index (χ4n) is 1.48. The molecule has 1 unspecified atom stereocenters. The summed E-state index contributed by atoms with van der Waals surface area (Å²) < 4.78 is 24.1. The van der Waals surface area contributed by atoms with Crippen molar-refractivity contribution in [1.82, 2.24) is 4.90 Å². The standard InChI is InChI=1S/C10H20F2N2O/c1-7(2)4-8(5-13)10(15)14(3)6-9(11)12/h7-9H,4-6,13H2,1-3H3. The lowest BCUT2D eigenvalue weighted by Gasteiger charge is -2.23. The average Bonchev–Trinajstić information content (AvgIpc) is 2.11. The Kier molecular flexibility index (Phi) is 6.40. The Morgan fingerprint density at radius 3 is 2.27 bits per heavy atom. The molecular weight excluding hydrogens is 202 g/mol. The van der Waals surface area contributed by atoms with Gasteiger partial charge in [0.25, 0.3) is 6.43 Å².